The molecular weight excluding hydrogens is 157 g/mol. The number of rotatable bonds is 1. The van der Waals surface area contributed by atoms with Crippen molar-refractivity contribution >= 4 is 0 Å². The number of hydrogen-bond acceptors (Lipinski definition) is 1. The van der Waals surface area contributed by atoms with E-state index in [1.165, 1.54) is 0 Å². The van der Waals surface area contributed by atoms with E-state index >= 15 is 0 Å². The Morgan fingerprint density at radius 1 is 1.55 bits per heavy atom. The van der Waals surface area contributed by atoms with Crippen molar-refractivity contribution in [3.8, 4) is 0 Å². The van der Waals surface area contributed by atoms with Crippen molar-refractivity contribution in [1.82, 2.24) is 9.78 Å². The molecule has 5 heteroatoms. The quantitative estimate of drug-likeness (QED) is 0.616. The van der Waals surface area contributed by atoms with Crippen LogP contribution in [0, 0.1) is 6.92 Å². The monoisotopic (exact) mass is 163 g/mol. The van der Waals surface area contributed by atoms with Crippen LogP contribution in [0.25, 0.3) is 0 Å². The summed E-state index contributed by atoms with van der Waals surface area (Å²) in [6.45, 7) is 3.59. The van der Waals surface area contributed by atoms with Gasteiger partial charge >= 0.3 is 6.18 Å². The highest BCUT2D eigenvalue weighted by Gasteiger charge is 2.31. The van der Waals surface area contributed by atoms with Crippen molar-refractivity contribution in [3.05, 3.63) is 24.9 Å². The minimum atomic E-state index is -4.30. The molecule has 0 saturated heterocycles. The van der Waals surface area contributed by atoms with E-state index in [1.54, 1.807) is 0 Å². The van der Waals surface area contributed by atoms with E-state index in [9.17, 15) is 13.2 Å². The Labute approximate surface area is 61.6 Å². The standard InChI is InChI=1S/C6H6F3N2/c1-2-11-4-5(3-10-11)6(7,8)9/h3-4H,1-2H2. The summed E-state index contributed by atoms with van der Waals surface area (Å²) in [6.07, 6.45) is -2.59. The van der Waals surface area contributed by atoms with Crippen LogP contribution in [-0.4, -0.2) is 9.78 Å². The van der Waals surface area contributed by atoms with E-state index in [-0.39, 0.29) is 6.54 Å². The molecule has 0 amide bonds. The van der Waals surface area contributed by atoms with E-state index in [0.717, 1.165) is 17.1 Å². The topological polar surface area (TPSA) is 17.8 Å². The van der Waals surface area contributed by atoms with Gasteiger partial charge in [0.05, 0.1) is 11.8 Å². The predicted octanol–water partition coefficient (Wildman–Crippen LogP) is 1.74. The molecule has 2 nitrogen and oxygen atoms in total. The molecule has 0 aliphatic rings. The van der Waals surface area contributed by atoms with Crippen molar-refractivity contribution in [2.45, 2.75) is 12.7 Å². The molecule has 1 heterocycles. The van der Waals surface area contributed by atoms with Crippen molar-refractivity contribution < 1.29 is 13.2 Å². The first-order valence-corrected chi connectivity index (χ1v) is 2.93. The molecule has 0 N–H and O–H groups in total. The number of hydrogen-bond donors (Lipinski definition) is 0. The lowest BCUT2D eigenvalue weighted by Crippen LogP contribution is -2.03. The van der Waals surface area contributed by atoms with Gasteiger partial charge in [0.1, 0.15) is 0 Å². The Hall–Kier alpha value is -1.00. The van der Waals surface area contributed by atoms with Gasteiger partial charge in [-0.25, -0.2) is 0 Å². The molecule has 61 valence electrons. The van der Waals surface area contributed by atoms with Crippen molar-refractivity contribution in [1.29, 1.82) is 0 Å². The Kier molecular flexibility index (Phi) is 1.89. The summed E-state index contributed by atoms with van der Waals surface area (Å²) in [7, 11) is 0. The van der Waals surface area contributed by atoms with Crippen LogP contribution in [0.4, 0.5) is 13.2 Å². The lowest BCUT2D eigenvalue weighted by Gasteiger charge is -1.99. The molecule has 11 heavy (non-hydrogen) atoms. The average molecular weight is 163 g/mol. The Morgan fingerprint density at radius 3 is 2.45 bits per heavy atom. The number of halogens is 3. The maximum absolute atomic E-state index is 11.9. The van der Waals surface area contributed by atoms with Gasteiger partial charge in [0.15, 0.2) is 0 Å². The minimum absolute atomic E-state index is 0.204. The fraction of sp³-hybridized carbons (Fsp3) is 0.333. The molecular formula is C6H6F3N2. The largest absolute Gasteiger partial charge is 0.419 e. The summed E-state index contributed by atoms with van der Waals surface area (Å²) in [5.41, 5.74) is -0.735. The van der Waals surface area contributed by atoms with E-state index < -0.39 is 11.7 Å². The van der Waals surface area contributed by atoms with Crippen molar-refractivity contribution in [3.63, 3.8) is 0 Å². The molecule has 0 aliphatic heterocycles. The predicted molar refractivity (Wildman–Crippen MR) is 32.6 cm³/mol. The Bertz CT molecular complexity index is 238. The van der Waals surface area contributed by atoms with E-state index in [0.29, 0.717) is 0 Å². The van der Waals surface area contributed by atoms with Gasteiger partial charge in [0, 0.05) is 12.7 Å². The first-order valence-electron chi connectivity index (χ1n) is 2.93. The lowest BCUT2D eigenvalue weighted by atomic mass is 10.4. The lowest BCUT2D eigenvalue weighted by molar-refractivity contribution is -0.137. The van der Waals surface area contributed by atoms with Crippen LogP contribution in [0.2, 0.25) is 0 Å². The summed E-state index contributed by atoms with van der Waals surface area (Å²) in [4.78, 5) is 0. The molecule has 0 bridgehead atoms. The first kappa shape index (κ1) is 8.10. The number of nitrogens with zero attached hydrogens (tertiary/aromatic N) is 2. The van der Waals surface area contributed by atoms with E-state index in [4.69, 9.17) is 0 Å². The second-order valence-electron chi connectivity index (χ2n) is 1.99. The zero-order chi connectivity index (χ0) is 8.48. The molecule has 0 aliphatic carbocycles. The van der Waals surface area contributed by atoms with Gasteiger partial charge < -0.3 is 0 Å². The summed E-state index contributed by atoms with van der Waals surface area (Å²) >= 11 is 0. The molecule has 0 fully saturated rings. The van der Waals surface area contributed by atoms with Gasteiger partial charge in [-0.3, -0.25) is 4.68 Å². The second kappa shape index (κ2) is 2.56. The number of aromatic nitrogens is 2. The fourth-order valence-corrected chi connectivity index (χ4v) is 0.632. The molecule has 0 aromatic carbocycles. The highest BCUT2D eigenvalue weighted by Crippen LogP contribution is 2.28. The highest BCUT2D eigenvalue weighted by atomic mass is 19.4. The maximum Gasteiger partial charge on any atom is 0.419 e. The van der Waals surface area contributed by atoms with Crippen LogP contribution in [0.15, 0.2) is 12.4 Å². The summed E-state index contributed by atoms with van der Waals surface area (Å²) in [5, 5.41) is 3.44. The third-order valence-corrected chi connectivity index (χ3v) is 1.19. The van der Waals surface area contributed by atoms with Gasteiger partial charge in [-0.15, -0.1) is 0 Å². The average Bonchev–Trinajstić information content (AvgIpc) is 2.32. The summed E-state index contributed by atoms with van der Waals surface area (Å²) in [6, 6.07) is 0. The third kappa shape index (κ3) is 1.72. The van der Waals surface area contributed by atoms with Crippen LogP contribution in [-0.2, 0) is 12.7 Å². The van der Waals surface area contributed by atoms with Gasteiger partial charge in [0.2, 0.25) is 0 Å². The third-order valence-electron chi connectivity index (χ3n) is 1.19. The van der Waals surface area contributed by atoms with Crippen LogP contribution in [0.3, 0.4) is 0 Å². The Morgan fingerprint density at radius 2 is 2.18 bits per heavy atom. The van der Waals surface area contributed by atoms with E-state index in [1.807, 2.05) is 0 Å². The van der Waals surface area contributed by atoms with Crippen molar-refractivity contribution in [2.75, 3.05) is 0 Å². The highest BCUT2D eigenvalue weighted by molar-refractivity contribution is 5.08. The normalized spacial score (nSPS) is 12.0. The van der Waals surface area contributed by atoms with Crippen molar-refractivity contribution in [2.24, 2.45) is 0 Å². The molecule has 1 aromatic heterocycles. The molecule has 0 saturated carbocycles. The van der Waals surface area contributed by atoms with Gasteiger partial charge in [-0.2, -0.15) is 18.3 Å². The Balaban J connectivity index is 2.89. The second-order valence-corrected chi connectivity index (χ2v) is 1.99. The zero-order valence-corrected chi connectivity index (χ0v) is 5.60. The van der Waals surface area contributed by atoms with Crippen LogP contribution < -0.4 is 0 Å². The van der Waals surface area contributed by atoms with Gasteiger partial charge in [0.25, 0.3) is 0 Å². The molecule has 0 unspecified atom stereocenters. The SMILES string of the molecule is [CH2]Cn1cc(C(F)(F)F)cn1. The van der Waals surface area contributed by atoms with Crippen LogP contribution in [0.5, 0.6) is 0 Å². The molecule has 1 rings (SSSR count). The summed E-state index contributed by atoms with van der Waals surface area (Å²) < 4.78 is 36.7. The minimum Gasteiger partial charge on any atom is -0.272 e. The molecule has 1 radical (unpaired) electrons. The number of alkyl halides is 3. The summed E-state index contributed by atoms with van der Waals surface area (Å²) in [5.74, 6) is 0. The van der Waals surface area contributed by atoms with Crippen LogP contribution >= 0.6 is 0 Å². The fourth-order valence-electron chi connectivity index (χ4n) is 0.632. The smallest absolute Gasteiger partial charge is 0.272 e. The zero-order valence-electron chi connectivity index (χ0n) is 5.60. The van der Waals surface area contributed by atoms with Gasteiger partial charge in [-0.05, 0) is 6.92 Å². The first-order chi connectivity index (χ1) is 5.04. The molecule has 1 aromatic rings. The van der Waals surface area contributed by atoms with Crippen LogP contribution in [0.1, 0.15) is 5.56 Å². The van der Waals surface area contributed by atoms with Gasteiger partial charge in [-0.1, -0.05) is 0 Å². The molecule has 0 atom stereocenters. The van der Waals surface area contributed by atoms with E-state index in [2.05, 4.69) is 12.0 Å². The molecule has 0 spiro atoms. The maximum atomic E-state index is 11.9.